The smallest absolute Gasteiger partial charge is 0.341 e. The fourth-order valence-electron chi connectivity index (χ4n) is 0.844. The van der Waals surface area contributed by atoms with Gasteiger partial charge in [-0.1, -0.05) is 0 Å². The molecule has 1 aromatic rings. The fraction of sp³-hybridized carbons (Fsp3) is 0.250. The molecule has 0 saturated heterocycles. The Morgan fingerprint density at radius 2 is 2.29 bits per heavy atom. The molecule has 0 aliphatic rings. The van der Waals surface area contributed by atoms with Gasteiger partial charge in [0.2, 0.25) is 5.43 Å². The van der Waals surface area contributed by atoms with Crippen molar-refractivity contribution >= 4 is 5.97 Å². The summed E-state index contributed by atoms with van der Waals surface area (Å²) >= 11 is 0. The van der Waals surface area contributed by atoms with Crippen LogP contribution >= 0.6 is 0 Å². The Hall–Kier alpha value is -1.82. The maximum atomic E-state index is 11.2. The van der Waals surface area contributed by atoms with Gasteiger partial charge in [-0.15, -0.1) is 0 Å². The number of carboxylic acids is 1. The standard InChI is InChI=1S/C8H9NO5/c10-3-5-1-6(11)7(2-9-5)14-4-8(12)13/h1-2,10H,3-4H2,(H,9,11)(H,12,13). The first kappa shape index (κ1) is 10.3. The van der Waals surface area contributed by atoms with Crippen molar-refractivity contribution < 1.29 is 19.7 Å². The first-order valence-electron chi connectivity index (χ1n) is 3.80. The van der Waals surface area contributed by atoms with Crippen LogP contribution in [0, 0.1) is 0 Å². The van der Waals surface area contributed by atoms with Crippen molar-refractivity contribution in [2.75, 3.05) is 6.61 Å². The van der Waals surface area contributed by atoms with Gasteiger partial charge in [0.1, 0.15) is 0 Å². The maximum absolute atomic E-state index is 11.2. The van der Waals surface area contributed by atoms with Gasteiger partial charge in [-0.3, -0.25) is 4.79 Å². The Balaban J connectivity index is 2.79. The number of aliphatic hydroxyl groups is 1. The average molecular weight is 199 g/mol. The van der Waals surface area contributed by atoms with Gasteiger partial charge >= 0.3 is 5.97 Å². The molecule has 0 aromatic carbocycles. The van der Waals surface area contributed by atoms with Crippen LogP contribution in [0.1, 0.15) is 5.69 Å². The molecule has 76 valence electrons. The highest BCUT2D eigenvalue weighted by molar-refractivity contribution is 5.68. The zero-order valence-corrected chi connectivity index (χ0v) is 7.19. The second kappa shape index (κ2) is 4.43. The number of rotatable bonds is 4. The van der Waals surface area contributed by atoms with E-state index in [9.17, 15) is 9.59 Å². The molecule has 6 heteroatoms. The van der Waals surface area contributed by atoms with Crippen LogP contribution < -0.4 is 10.2 Å². The summed E-state index contributed by atoms with van der Waals surface area (Å²) in [6.07, 6.45) is 1.22. The lowest BCUT2D eigenvalue weighted by molar-refractivity contribution is -0.139. The Morgan fingerprint density at radius 3 is 2.79 bits per heavy atom. The Bertz CT molecular complexity index is 384. The summed E-state index contributed by atoms with van der Waals surface area (Å²) in [6.45, 7) is -0.851. The van der Waals surface area contributed by atoms with Gasteiger partial charge in [-0.25, -0.2) is 4.79 Å². The van der Waals surface area contributed by atoms with Gasteiger partial charge in [-0.05, 0) is 0 Å². The van der Waals surface area contributed by atoms with Crippen LogP contribution in [0.15, 0.2) is 17.1 Å². The highest BCUT2D eigenvalue weighted by Gasteiger charge is 2.04. The third-order valence-electron chi connectivity index (χ3n) is 1.46. The Kier molecular flexibility index (Phi) is 3.24. The first-order chi connectivity index (χ1) is 6.63. The second-order valence-electron chi connectivity index (χ2n) is 2.53. The summed E-state index contributed by atoms with van der Waals surface area (Å²) < 4.78 is 4.67. The molecule has 0 unspecified atom stereocenters. The van der Waals surface area contributed by atoms with Gasteiger partial charge in [0.15, 0.2) is 12.4 Å². The molecule has 1 aromatic heterocycles. The summed E-state index contributed by atoms with van der Waals surface area (Å²) in [5, 5.41) is 17.0. The van der Waals surface area contributed by atoms with Crippen molar-refractivity contribution in [1.29, 1.82) is 0 Å². The molecule has 0 bridgehead atoms. The highest BCUT2D eigenvalue weighted by Crippen LogP contribution is 2.01. The van der Waals surface area contributed by atoms with Gasteiger partial charge in [0.05, 0.1) is 6.61 Å². The molecule has 0 radical (unpaired) electrons. The summed E-state index contributed by atoms with van der Waals surface area (Å²) in [5.74, 6) is -1.24. The van der Waals surface area contributed by atoms with Crippen molar-refractivity contribution in [2.45, 2.75) is 6.61 Å². The molecule has 1 heterocycles. The van der Waals surface area contributed by atoms with Crippen LogP contribution in [0.5, 0.6) is 5.75 Å². The van der Waals surface area contributed by atoms with Crippen LogP contribution in [0.4, 0.5) is 0 Å². The van der Waals surface area contributed by atoms with Crippen molar-refractivity contribution in [2.24, 2.45) is 0 Å². The monoisotopic (exact) mass is 199 g/mol. The first-order valence-corrected chi connectivity index (χ1v) is 3.80. The SMILES string of the molecule is O=C(O)COc1c[nH]c(CO)cc1=O. The zero-order valence-electron chi connectivity index (χ0n) is 7.19. The Morgan fingerprint density at radius 1 is 1.57 bits per heavy atom. The molecule has 6 nitrogen and oxygen atoms in total. The number of H-pyrrole nitrogens is 1. The van der Waals surface area contributed by atoms with Crippen LogP contribution in [0.3, 0.4) is 0 Å². The lowest BCUT2D eigenvalue weighted by atomic mass is 10.3. The Labute approximate surface area is 78.8 Å². The van der Waals surface area contributed by atoms with Crippen LogP contribution in [-0.4, -0.2) is 27.8 Å². The molecular weight excluding hydrogens is 190 g/mol. The molecule has 3 N–H and O–H groups in total. The van der Waals surface area contributed by atoms with E-state index >= 15 is 0 Å². The molecule has 0 aliphatic heterocycles. The lowest BCUT2D eigenvalue weighted by Gasteiger charge is -2.02. The van der Waals surface area contributed by atoms with Crippen LogP contribution in [0.2, 0.25) is 0 Å². The number of carboxylic acid groups (broad SMARTS) is 1. The molecule has 0 amide bonds. The van der Waals surface area contributed by atoms with Crippen molar-refractivity contribution in [3.8, 4) is 5.75 Å². The number of hydrogen-bond acceptors (Lipinski definition) is 4. The van der Waals surface area contributed by atoms with E-state index in [-0.39, 0.29) is 12.4 Å². The van der Waals surface area contributed by atoms with E-state index in [1.165, 1.54) is 6.20 Å². The molecular formula is C8H9NO5. The number of aromatic nitrogens is 1. The fourth-order valence-corrected chi connectivity index (χ4v) is 0.844. The van der Waals surface area contributed by atoms with E-state index in [0.717, 1.165) is 6.07 Å². The minimum atomic E-state index is -1.16. The van der Waals surface area contributed by atoms with E-state index in [4.69, 9.17) is 10.2 Å². The number of aliphatic hydroxyl groups excluding tert-OH is 1. The number of hydrogen-bond donors (Lipinski definition) is 3. The van der Waals surface area contributed by atoms with E-state index in [2.05, 4.69) is 9.72 Å². The largest absolute Gasteiger partial charge is 0.479 e. The summed E-state index contributed by atoms with van der Waals surface area (Å²) in [4.78, 5) is 23.9. The molecule has 0 aliphatic carbocycles. The van der Waals surface area contributed by atoms with Gasteiger partial charge in [0.25, 0.3) is 0 Å². The van der Waals surface area contributed by atoms with Crippen molar-refractivity contribution in [1.82, 2.24) is 4.98 Å². The quantitative estimate of drug-likeness (QED) is 0.597. The average Bonchev–Trinajstić information content (AvgIpc) is 2.15. The van der Waals surface area contributed by atoms with Gasteiger partial charge < -0.3 is 19.9 Å². The van der Waals surface area contributed by atoms with Gasteiger partial charge in [-0.2, -0.15) is 0 Å². The topological polar surface area (TPSA) is 99.6 Å². The summed E-state index contributed by atoms with van der Waals surface area (Å²) in [6, 6.07) is 1.15. The maximum Gasteiger partial charge on any atom is 0.341 e. The predicted molar refractivity (Wildman–Crippen MR) is 46.1 cm³/mol. The number of aromatic amines is 1. The summed E-state index contributed by atoms with van der Waals surface area (Å²) in [5.41, 5.74) is -0.119. The normalized spacial score (nSPS) is 9.79. The molecule has 1 rings (SSSR count). The van der Waals surface area contributed by atoms with Gasteiger partial charge in [0, 0.05) is 18.0 Å². The van der Waals surface area contributed by atoms with E-state index in [0.29, 0.717) is 5.69 Å². The number of carbonyl (C=O) groups is 1. The number of nitrogens with one attached hydrogen (secondary N) is 1. The van der Waals surface area contributed by atoms with Crippen molar-refractivity contribution in [3.63, 3.8) is 0 Å². The van der Waals surface area contributed by atoms with E-state index < -0.39 is 18.0 Å². The third-order valence-corrected chi connectivity index (χ3v) is 1.46. The highest BCUT2D eigenvalue weighted by atomic mass is 16.5. The molecule has 0 fully saturated rings. The minimum Gasteiger partial charge on any atom is -0.479 e. The molecule has 0 spiro atoms. The summed E-state index contributed by atoms with van der Waals surface area (Å²) in [7, 11) is 0. The van der Waals surface area contributed by atoms with Crippen LogP contribution in [-0.2, 0) is 11.4 Å². The van der Waals surface area contributed by atoms with Crippen LogP contribution in [0.25, 0.3) is 0 Å². The molecule has 14 heavy (non-hydrogen) atoms. The molecule has 0 atom stereocenters. The number of pyridine rings is 1. The number of ether oxygens (including phenoxy) is 1. The predicted octanol–water partition coefficient (Wildman–Crippen LogP) is -0.669. The van der Waals surface area contributed by atoms with E-state index in [1.807, 2.05) is 0 Å². The van der Waals surface area contributed by atoms with E-state index in [1.54, 1.807) is 0 Å². The second-order valence-corrected chi connectivity index (χ2v) is 2.53. The lowest BCUT2D eigenvalue weighted by Crippen LogP contribution is -2.15. The third kappa shape index (κ3) is 2.60. The molecule has 0 saturated carbocycles. The number of aliphatic carboxylic acids is 1. The minimum absolute atomic E-state index is 0.0791. The van der Waals surface area contributed by atoms with Crippen molar-refractivity contribution in [3.05, 3.63) is 28.2 Å². The zero-order chi connectivity index (χ0) is 10.6.